The van der Waals surface area contributed by atoms with Crippen LogP contribution in [-0.2, 0) is 0 Å². The minimum Gasteiger partial charge on any atom is -0.493 e. The highest BCUT2D eigenvalue weighted by atomic mass is 32.1. The third kappa shape index (κ3) is 3.72. The lowest BCUT2D eigenvalue weighted by Crippen LogP contribution is -2.23. The maximum absolute atomic E-state index is 13.6. The Morgan fingerprint density at radius 3 is 2.28 bits per heavy atom. The van der Waals surface area contributed by atoms with Crippen molar-refractivity contribution in [2.45, 2.75) is 13.3 Å². The molecule has 0 radical (unpaired) electrons. The van der Waals surface area contributed by atoms with E-state index in [9.17, 15) is 4.79 Å². The summed E-state index contributed by atoms with van der Waals surface area (Å²) in [6, 6.07) is 27.8. The predicted octanol–water partition coefficient (Wildman–Crippen LogP) is 5.43. The van der Waals surface area contributed by atoms with Gasteiger partial charge < -0.3 is 4.74 Å². The summed E-state index contributed by atoms with van der Waals surface area (Å²) in [5.74, 6) is 0.785. The summed E-state index contributed by atoms with van der Waals surface area (Å²) in [6.07, 6.45) is 2.83. The maximum Gasteiger partial charge on any atom is 0.274 e. The van der Waals surface area contributed by atoms with E-state index in [2.05, 4.69) is 6.92 Å². The van der Waals surface area contributed by atoms with Gasteiger partial charge in [-0.3, -0.25) is 4.79 Å². The zero-order valence-electron chi connectivity index (χ0n) is 17.7. The van der Waals surface area contributed by atoms with E-state index in [-0.39, 0.29) is 5.56 Å². The Bertz CT molecular complexity index is 1470. The van der Waals surface area contributed by atoms with Crippen molar-refractivity contribution in [2.24, 2.45) is 0 Å². The summed E-state index contributed by atoms with van der Waals surface area (Å²) in [4.78, 5) is 19.1. The van der Waals surface area contributed by atoms with Crippen LogP contribution >= 0.6 is 11.3 Å². The number of rotatable bonds is 6. The number of fused-ring (bicyclic) bond motifs is 1. The normalized spacial score (nSPS) is 11.8. The number of imidazole rings is 1. The topological polar surface area (TPSA) is 43.6 Å². The molecule has 5 aromatic rings. The van der Waals surface area contributed by atoms with Crippen LogP contribution in [0.25, 0.3) is 33.6 Å². The minimum absolute atomic E-state index is 0.0659. The number of hydrogen-bond acceptors (Lipinski definition) is 4. The van der Waals surface area contributed by atoms with E-state index in [1.807, 2.05) is 91.0 Å². The van der Waals surface area contributed by atoms with Crippen LogP contribution in [0.2, 0.25) is 0 Å². The SMILES string of the molecule is CCCOc1ccccc1C=c1sc2nc(-c3ccccc3)c(-c3ccccc3)n2c1=O. The van der Waals surface area contributed by atoms with Crippen LogP contribution in [0.1, 0.15) is 18.9 Å². The molecule has 0 atom stereocenters. The lowest BCUT2D eigenvalue weighted by Gasteiger charge is -2.07. The monoisotopic (exact) mass is 438 g/mol. The van der Waals surface area contributed by atoms with Gasteiger partial charge in [0, 0.05) is 16.7 Å². The lowest BCUT2D eigenvalue weighted by molar-refractivity contribution is 0.317. The molecule has 0 spiro atoms. The summed E-state index contributed by atoms with van der Waals surface area (Å²) >= 11 is 1.40. The van der Waals surface area contributed by atoms with Crippen molar-refractivity contribution in [3.05, 3.63) is 105 Å². The van der Waals surface area contributed by atoms with Gasteiger partial charge in [0.25, 0.3) is 5.56 Å². The molecule has 0 aliphatic rings. The molecule has 2 aromatic heterocycles. The van der Waals surface area contributed by atoms with E-state index in [1.54, 1.807) is 4.40 Å². The summed E-state index contributed by atoms with van der Waals surface area (Å²) in [5.41, 5.74) is 4.43. The molecule has 0 N–H and O–H groups in total. The molecule has 0 bridgehead atoms. The van der Waals surface area contributed by atoms with Crippen LogP contribution in [0.15, 0.2) is 89.7 Å². The molecule has 5 rings (SSSR count). The van der Waals surface area contributed by atoms with Crippen molar-refractivity contribution in [3.63, 3.8) is 0 Å². The van der Waals surface area contributed by atoms with Gasteiger partial charge >= 0.3 is 0 Å². The highest BCUT2D eigenvalue weighted by Crippen LogP contribution is 2.32. The molecule has 0 unspecified atom stereocenters. The van der Waals surface area contributed by atoms with Gasteiger partial charge in [-0.2, -0.15) is 0 Å². The largest absolute Gasteiger partial charge is 0.493 e. The molecule has 3 aromatic carbocycles. The standard InChI is InChI=1S/C27H22N2O2S/c1-2-17-31-22-16-10-9-15-21(22)18-23-26(30)29-25(20-13-7-4-8-14-20)24(28-27(29)32-23)19-11-5-3-6-12-19/h3-16,18H,2,17H2,1H3. The third-order valence-electron chi connectivity index (χ3n) is 5.22. The van der Waals surface area contributed by atoms with E-state index in [1.165, 1.54) is 11.3 Å². The van der Waals surface area contributed by atoms with Crippen LogP contribution < -0.4 is 14.8 Å². The number of hydrogen-bond donors (Lipinski definition) is 0. The second-order valence-electron chi connectivity index (χ2n) is 7.46. The van der Waals surface area contributed by atoms with Crippen LogP contribution in [-0.4, -0.2) is 16.0 Å². The molecular weight excluding hydrogens is 416 g/mol. The molecule has 5 heteroatoms. The Kier molecular flexibility index (Phi) is 5.57. The van der Waals surface area contributed by atoms with Crippen molar-refractivity contribution in [3.8, 4) is 28.3 Å². The Labute approximate surface area is 190 Å². The first-order chi connectivity index (χ1) is 15.8. The second-order valence-corrected chi connectivity index (χ2v) is 8.47. The van der Waals surface area contributed by atoms with Gasteiger partial charge in [0.05, 0.1) is 22.5 Å². The summed E-state index contributed by atoms with van der Waals surface area (Å²) in [6.45, 7) is 2.72. The quantitative estimate of drug-likeness (QED) is 0.355. The van der Waals surface area contributed by atoms with Gasteiger partial charge in [0.15, 0.2) is 4.96 Å². The van der Waals surface area contributed by atoms with Gasteiger partial charge in [-0.15, -0.1) is 0 Å². The third-order valence-corrected chi connectivity index (χ3v) is 6.19. The Morgan fingerprint density at radius 2 is 1.56 bits per heavy atom. The Hall–Kier alpha value is -3.70. The van der Waals surface area contributed by atoms with E-state index < -0.39 is 0 Å². The highest BCUT2D eigenvalue weighted by molar-refractivity contribution is 7.15. The van der Waals surface area contributed by atoms with Crippen molar-refractivity contribution in [2.75, 3.05) is 6.61 Å². The Balaban J connectivity index is 1.73. The van der Waals surface area contributed by atoms with E-state index in [4.69, 9.17) is 9.72 Å². The maximum atomic E-state index is 13.6. The number of benzene rings is 3. The number of nitrogens with zero attached hydrogens (tertiary/aromatic N) is 2. The molecule has 0 amide bonds. The fourth-order valence-electron chi connectivity index (χ4n) is 3.74. The van der Waals surface area contributed by atoms with Gasteiger partial charge in [-0.05, 0) is 18.6 Å². The average molecular weight is 439 g/mol. The van der Waals surface area contributed by atoms with E-state index in [0.717, 1.165) is 40.2 Å². The first-order valence-electron chi connectivity index (χ1n) is 10.7. The van der Waals surface area contributed by atoms with Crippen molar-refractivity contribution in [1.82, 2.24) is 9.38 Å². The number of aromatic nitrogens is 2. The zero-order valence-corrected chi connectivity index (χ0v) is 18.5. The molecule has 0 saturated heterocycles. The minimum atomic E-state index is -0.0659. The van der Waals surface area contributed by atoms with E-state index in [0.29, 0.717) is 16.1 Å². The number of ether oxygens (including phenoxy) is 1. The van der Waals surface area contributed by atoms with Crippen molar-refractivity contribution in [1.29, 1.82) is 0 Å². The summed E-state index contributed by atoms with van der Waals surface area (Å²) in [7, 11) is 0. The molecule has 0 saturated carbocycles. The van der Waals surface area contributed by atoms with Gasteiger partial charge in [0.2, 0.25) is 0 Å². The number of thiazole rings is 1. The zero-order chi connectivity index (χ0) is 21.9. The molecular formula is C27H22N2O2S. The fourth-order valence-corrected chi connectivity index (χ4v) is 4.71. The molecule has 0 fully saturated rings. The van der Waals surface area contributed by atoms with Gasteiger partial charge in [0.1, 0.15) is 5.75 Å². The van der Waals surface area contributed by atoms with Crippen molar-refractivity contribution < 1.29 is 4.74 Å². The summed E-state index contributed by atoms with van der Waals surface area (Å²) in [5, 5.41) is 0. The van der Waals surface area contributed by atoms with Gasteiger partial charge in [-0.1, -0.05) is 97.1 Å². The smallest absolute Gasteiger partial charge is 0.274 e. The molecule has 0 aliphatic carbocycles. The highest BCUT2D eigenvalue weighted by Gasteiger charge is 2.20. The van der Waals surface area contributed by atoms with Crippen LogP contribution in [0.4, 0.5) is 0 Å². The molecule has 4 nitrogen and oxygen atoms in total. The number of para-hydroxylation sites is 1. The predicted molar refractivity (Wildman–Crippen MR) is 131 cm³/mol. The Morgan fingerprint density at radius 1 is 0.906 bits per heavy atom. The van der Waals surface area contributed by atoms with Gasteiger partial charge in [-0.25, -0.2) is 9.38 Å². The summed E-state index contributed by atoms with van der Waals surface area (Å²) < 4.78 is 8.25. The van der Waals surface area contributed by atoms with Crippen LogP contribution in [0, 0.1) is 0 Å². The molecule has 2 heterocycles. The van der Waals surface area contributed by atoms with Crippen LogP contribution in [0.5, 0.6) is 5.75 Å². The first-order valence-corrected chi connectivity index (χ1v) is 11.5. The van der Waals surface area contributed by atoms with E-state index >= 15 is 0 Å². The molecule has 158 valence electrons. The second kappa shape index (κ2) is 8.81. The molecule has 0 aliphatic heterocycles. The average Bonchev–Trinajstić information content (AvgIpc) is 3.36. The molecule has 32 heavy (non-hydrogen) atoms. The first kappa shape index (κ1) is 20.2. The van der Waals surface area contributed by atoms with Crippen LogP contribution in [0.3, 0.4) is 0 Å². The lowest BCUT2D eigenvalue weighted by atomic mass is 10.1. The van der Waals surface area contributed by atoms with Crippen molar-refractivity contribution >= 4 is 22.4 Å². The fraction of sp³-hybridized carbons (Fsp3) is 0.111.